The number of benzene rings is 1. The predicted molar refractivity (Wildman–Crippen MR) is 69.4 cm³/mol. The maximum atomic E-state index is 11.7. The van der Waals surface area contributed by atoms with Crippen LogP contribution in [-0.2, 0) is 16.0 Å². The number of hydrogen-bond donors (Lipinski definition) is 1. The Kier molecular flexibility index (Phi) is 5.36. The molecule has 1 aromatic rings. The molecule has 4 nitrogen and oxygen atoms in total. The van der Waals surface area contributed by atoms with Crippen LogP contribution in [0.15, 0.2) is 24.3 Å². The van der Waals surface area contributed by atoms with Crippen molar-refractivity contribution < 1.29 is 14.7 Å². The molecule has 0 aromatic heterocycles. The van der Waals surface area contributed by atoms with E-state index < -0.39 is 5.97 Å². The van der Waals surface area contributed by atoms with Crippen molar-refractivity contribution in [1.82, 2.24) is 4.90 Å². The van der Waals surface area contributed by atoms with Gasteiger partial charge in [0.05, 0.1) is 6.42 Å². The fraction of sp³-hybridized carbons (Fsp3) is 0.429. The van der Waals surface area contributed by atoms with Gasteiger partial charge in [0.15, 0.2) is 0 Å². The number of rotatable bonds is 6. The van der Waals surface area contributed by atoms with Crippen molar-refractivity contribution in [1.29, 1.82) is 0 Å². The van der Waals surface area contributed by atoms with Crippen molar-refractivity contribution in [3.8, 4) is 0 Å². The van der Waals surface area contributed by atoms with Gasteiger partial charge in [-0.25, -0.2) is 0 Å². The molecule has 0 fully saturated rings. The van der Waals surface area contributed by atoms with E-state index >= 15 is 0 Å². The van der Waals surface area contributed by atoms with Crippen molar-refractivity contribution in [3.05, 3.63) is 35.4 Å². The second-order valence-electron chi connectivity index (χ2n) is 4.45. The van der Waals surface area contributed by atoms with E-state index in [1.165, 1.54) is 10.5 Å². The average Bonchev–Trinajstić information content (AvgIpc) is 2.33. The zero-order chi connectivity index (χ0) is 13.5. The molecule has 1 rings (SSSR count). The standard InChI is InChI=1S/C14H19NO3/c1-11-4-3-5-12(10-11)6-7-13(16)15(2)9-8-14(17)18/h3-5,10H,6-9H2,1-2H3,(H,17,18). The molecule has 0 saturated carbocycles. The summed E-state index contributed by atoms with van der Waals surface area (Å²) in [6, 6.07) is 8.05. The summed E-state index contributed by atoms with van der Waals surface area (Å²) in [7, 11) is 1.64. The summed E-state index contributed by atoms with van der Waals surface area (Å²) in [5, 5.41) is 8.54. The Morgan fingerprint density at radius 2 is 2.00 bits per heavy atom. The van der Waals surface area contributed by atoms with Crippen molar-refractivity contribution in [2.75, 3.05) is 13.6 Å². The van der Waals surface area contributed by atoms with Crippen LogP contribution in [0.2, 0.25) is 0 Å². The first-order valence-electron chi connectivity index (χ1n) is 6.00. The predicted octanol–water partition coefficient (Wildman–Crippen LogP) is 1.86. The molecule has 4 heteroatoms. The minimum atomic E-state index is -0.881. The van der Waals surface area contributed by atoms with Crippen molar-refractivity contribution in [3.63, 3.8) is 0 Å². The van der Waals surface area contributed by atoms with Gasteiger partial charge in [0.1, 0.15) is 0 Å². The molecule has 18 heavy (non-hydrogen) atoms. The molecule has 0 saturated heterocycles. The van der Waals surface area contributed by atoms with Crippen LogP contribution in [-0.4, -0.2) is 35.5 Å². The minimum Gasteiger partial charge on any atom is -0.481 e. The van der Waals surface area contributed by atoms with Gasteiger partial charge in [-0.1, -0.05) is 29.8 Å². The zero-order valence-corrected chi connectivity index (χ0v) is 10.8. The number of carbonyl (C=O) groups is 2. The molecule has 0 unspecified atom stereocenters. The second-order valence-corrected chi connectivity index (χ2v) is 4.45. The third-order valence-corrected chi connectivity index (χ3v) is 2.80. The van der Waals surface area contributed by atoms with Crippen LogP contribution in [0, 0.1) is 6.92 Å². The molecule has 0 spiro atoms. The molecule has 0 atom stereocenters. The highest BCUT2D eigenvalue weighted by molar-refractivity contribution is 5.77. The SMILES string of the molecule is Cc1cccc(CCC(=O)N(C)CCC(=O)O)c1. The molecule has 0 bridgehead atoms. The molecule has 1 aromatic carbocycles. The highest BCUT2D eigenvalue weighted by Crippen LogP contribution is 2.07. The van der Waals surface area contributed by atoms with E-state index in [2.05, 4.69) is 6.07 Å². The van der Waals surface area contributed by atoms with E-state index in [0.717, 1.165) is 5.56 Å². The van der Waals surface area contributed by atoms with E-state index in [4.69, 9.17) is 5.11 Å². The number of carboxylic acid groups (broad SMARTS) is 1. The Balaban J connectivity index is 2.38. The Bertz CT molecular complexity index is 429. The highest BCUT2D eigenvalue weighted by atomic mass is 16.4. The van der Waals surface area contributed by atoms with E-state index in [1.54, 1.807) is 7.05 Å². The Labute approximate surface area is 107 Å². The number of carbonyl (C=O) groups excluding carboxylic acids is 1. The number of amides is 1. The molecular formula is C14H19NO3. The molecular weight excluding hydrogens is 230 g/mol. The van der Waals surface area contributed by atoms with Crippen LogP contribution in [0.25, 0.3) is 0 Å². The Morgan fingerprint density at radius 3 is 2.61 bits per heavy atom. The summed E-state index contributed by atoms with van der Waals surface area (Å²) in [6.07, 6.45) is 1.10. The highest BCUT2D eigenvalue weighted by Gasteiger charge is 2.10. The first kappa shape index (κ1) is 14.2. The van der Waals surface area contributed by atoms with Crippen LogP contribution < -0.4 is 0 Å². The second kappa shape index (κ2) is 6.79. The van der Waals surface area contributed by atoms with Gasteiger partial charge in [-0.05, 0) is 18.9 Å². The molecule has 1 N–H and O–H groups in total. The fourth-order valence-electron chi connectivity index (χ4n) is 1.70. The summed E-state index contributed by atoms with van der Waals surface area (Å²) < 4.78 is 0. The summed E-state index contributed by atoms with van der Waals surface area (Å²) >= 11 is 0. The zero-order valence-electron chi connectivity index (χ0n) is 10.8. The van der Waals surface area contributed by atoms with Crippen molar-refractivity contribution in [2.24, 2.45) is 0 Å². The maximum absolute atomic E-state index is 11.7. The molecule has 0 aliphatic carbocycles. The smallest absolute Gasteiger partial charge is 0.305 e. The molecule has 1 amide bonds. The van der Waals surface area contributed by atoms with Crippen LogP contribution in [0.5, 0.6) is 0 Å². The van der Waals surface area contributed by atoms with Gasteiger partial charge >= 0.3 is 5.97 Å². The average molecular weight is 249 g/mol. The summed E-state index contributed by atoms with van der Waals surface area (Å²) in [6.45, 7) is 2.28. The lowest BCUT2D eigenvalue weighted by atomic mass is 10.1. The third-order valence-electron chi connectivity index (χ3n) is 2.80. The molecule has 0 aliphatic heterocycles. The van der Waals surface area contributed by atoms with Crippen LogP contribution in [0.4, 0.5) is 0 Å². The monoisotopic (exact) mass is 249 g/mol. The lowest BCUT2D eigenvalue weighted by Crippen LogP contribution is -2.29. The van der Waals surface area contributed by atoms with Gasteiger partial charge in [-0.3, -0.25) is 9.59 Å². The summed E-state index contributed by atoms with van der Waals surface area (Å²) in [5.41, 5.74) is 2.31. The van der Waals surface area contributed by atoms with Gasteiger partial charge in [-0.15, -0.1) is 0 Å². The van der Waals surface area contributed by atoms with E-state index in [1.807, 2.05) is 25.1 Å². The summed E-state index contributed by atoms with van der Waals surface area (Å²) in [5.74, 6) is -0.897. The van der Waals surface area contributed by atoms with Gasteiger partial charge in [0.2, 0.25) is 5.91 Å². The van der Waals surface area contributed by atoms with Crippen LogP contribution in [0.3, 0.4) is 0 Å². The molecule has 98 valence electrons. The first-order valence-corrected chi connectivity index (χ1v) is 6.00. The van der Waals surface area contributed by atoms with E-state index in [0.29, 0.717) is 12.8 Å². The number of nitrogens with zero attached hydrogens (tertiary/aromatic N) is 1. The Morgan fingerprint density at radius 1 is 1.28 bits per heavy atom. The summed E-state index contributed by atoms with van der Waals surface area (Å²) in [4.78, 5) is 23.6. The normalized spacial score (nSPS) is 10.1. The van der Waals surface area contributed by atoms with Crippen molar-refractivity contribution in [2.45, 2.75) is 26.2 Å². The minimum absolute atomic E-state index is 0.00726. The molecule has 0 aliphatic rings. The number of aliphatic carboxylic acids is 1. The topological polar surface area (TPSA) is 57.6 Å². The molecule has 0 radical (unpaired) electrons. The van der Waals surface area contributed by atoms with Crippen LogP contribution >= 0.6 is 0 Å². The van der Waals surface area contributed by atoms with Gasteiger partial charge in [0, 0.05) is 20.0 Å². The number of carboxylic acids is 1. The fourth-order valence-corrected chi connectivity index (χ4v) is 1.70. The quantitative estimate of drug-likeness (QED) is 0.837. The largest absolute Gasteiger partial charge is 0.481 e. The number of aryl methyl sites for hydroxylation is 2. The number of hydrogen-bond acceptors (Lipinski definition) is 2. The van der Waals surface area contributed by atoms with Gasteiger partial charge < -0.3 is 10.0 Å². The third kappa shape index (κ3) is 4.99. The lowest BCUT2D eigenvalue weighted by Gasteiger charge is -2.15. The molecule has 0 heterocycles. The van der Waals surface area contributed by atoms with Crippen LogP contribution in [0.1, 0.15) is 24.0 Å². The maximum Gasteiger partial charge on any atom is 0.305 e. The first-order chi connectivity index (χ1) is 8.49. The Hall–Kier alpha value is -1.84. The van der Waals surface area contributed by atoms with E-state index in [9.17, 15) is 9.59 Å². The van der Waals surface area contributed by atoms with E-state index in [-0.39, 0.29) is 18.9 Å². The van der Waals surface area contributed by atoms with Gasteiger partial charge in [-0.2, -0.15) is 0 Å². The van der Waals surface area contributed by atoms with Crippen molar-refractivity contribution >= 4 is 11.9 Å². The lowest BCUT2D eigenvalue weighted by molar-refractivity contribution is -0.138. The van der Waals surface area contributed by atoms with Gasteiger partial charge in [0.25, 0.3) is 0 Å².